The Morgan fingerprint density at radius 2 is 2.10 bits per heavy atom. The third-order valence-electron chi connectivity index (χ3n) is 3.56. The number of carbonyl (C=O) groups excluding carboxylic acids is 1. The van der Waals surface area contributed by atoms with Crippen molar-refractivity contribution in [1.29, 1.82) is 0 Å². The molecule has 1 aromatic carbocycles. The van der Waals surface area contributed by atoms with Crippen molar-refractivity contribution in [2.45, 2.75) is 57.8 Å². The molecule has 1 unspecified atom stereocenters. The molecule has 4 heteroatoms. The normalized spacial score (nSPS) is 23.5. The van der Waals surface area contributed by atoms with E-state index in [1.165, 1.54) is 0 Å². The highest BCUT2D eigenvalue weighted by molar-refractivity contribution is 5.73. The monoisotopic (exact) mass is 277 g/mol. The number of esters is 1. The Morgan fingerprint density at radius 3 is 2.65 bits per heavy atom. The number of benzene rings is 1. The van der Waals surface area contributed by atoms with Gasteiger partial charge in [-0.05, 0) is 45.4 Å². The van der Waals surface area contributed by atoms with Crippen LogP contribution in [0.1, 0.15) is 39.7 Å². The molecule has 110 valence electrons. The minimum Gasteiger partial charge on any atom is -0.459 e. The van der Waals surface area contributed by atoms with Crippen molar-refractivity contribution in [3.05, 3.63) is 29.8 Å². The van der Waals surface area contributed by atoms with E-state index in [1.54, 1.807) is 12.1 Å². The van der Waals surface area contributed by atoms with Gasteiger partial charge in [0, 0.05) is 12.1 Å². The standard InChI is InChI=1S/C16H23NO3/c1-15(2)10-13(16(3,4)20-15)19-14(18)9-11-6-5-7-12(17)8-11/h5-8,13H,9-10,17H2,1-4H3. The lowest BCUT2D eigenvalue weighted by Crippen LogP contribution is -2.36. The van der Waals surface area contributed by atoms with Crippen molar-refractivity contribution in [3.63, 3.8) is 0 Å². The molecule has 1 aromatic rings. The Hall–Kier alpha value is -1.55. The fraction of sp³-hybridized carbons (Fsp3) is 0.562. The van der Waals surface area contributed by atoms with Crippen LogP contribution in [-0.2, 0) is 20.7 Å². The van der Waals surface area contributed by atoms with Crippen molar-refractivity contribution in [3.8, 4) is 0 Å². The van der Waals surface area contributed by atoms with E-state index in [2.05, 4.69) is 0 Å². The molecule has 1 fully saturated rings. The number of rotatable bonds is 3. The predicted octanol–water partition coefficient (Wildman–Crippen LogP) is 2.70. The number of hydrogen-bond donors (Lipinski definition) is 1. The van der Waals surface area contributed by atoms with Crippen LogP contribution in [-0.4, -0.2) is 23.3 Å². The van der Waals surface area contributed by atoms with Gasteiger partial charge in [-0.25, -0.2) is 0 Å². The average molecular weight is 277 g/mol. The first-order valence-corrected chi connectivity index (χ1v) is 6.92. The molecule has 1 saturated heterocycles. The van der Waals surface area contributed by atoms with Crippen LogP contribution in [0.3, 0.4) is 0 Å². The highest BCUT2D eigenvalue weighted by atomic mass is 16.6. The molecular formula is C16H23NO3. The zero-order chi connectivity index (χ0) is 15.0. The van der Waals surface area contributed by atoms with E-state index in [1.807, 2.05) is 39.8 Å². The largest absolute Gasteiger partial charge is 0.459 e. The molecule has 4 nitrogen and oxygen atoms in total. The van der Waals surface area contributed by atoms with Gasteiger partial charge in [0.1, 0.15) is 11.7 Å². The van der Waals surface area contributed by atoms with Crippen LogP contribution in [0.25, 0.3) is 0 Å². The summed E-state index contributed by atoms with van der Waals surface area (Å²) in [5.74, 6) is -0.241. The van der Waals surface area contributed by atoms with Crippen LogP contribution in [0.4, 0.5) is 5.69 Å². The van der Waals surface area contributed by atoms with Crippen LogP contribution < -0.4 is 5.73 Å². The van der Waals surface area contributed by atoms with Gasteiger partial charge < -0.3 is 15.2 Å². The van der Waals surface area contributed by atoms with Crippen LogP contribution in [0.5, 0.6) is 0 Å². The first-order valence-electron chi connectivity index (χ1n) is 6.92. The summed E-state index contributed by atoms with van der Waals surface area (Å²) in [4.78, 5) is 12.1. The number of nitrogen functional groups attached to an aromatic ring is 1. The number of nitrogens with two attached hydrogens (primary N) is 1. The molecule has 0 radical (unpaired) electrons. The molecule has 0 saturated carbocycles. The number of anilines is 1. The van der Waals surface area contributed by atoms with E-state index in [-0.39, 0.29) is 24.1 Å². The third-order valence-corrected chi connectivity index (χ3v) is 3.56. The molecule has 20 heavy (non-hydrogen) atoms. The summed E-state index contributed by atoms with van der Waals surface area (Å²) >= 11 is 0. The topological polar surface area (TPSA) is 61.5 Å². The highest BCUT2D eigenvalue weighted by Crippen LogP contribution is 2.39. The van der Waals surface area contributed by atoms with Gasteiger partial charge in [-0.15, -0.1) is 0 Å². The Labute approximate surface area is 120 Å². The van der Waals surface area contributed by atoms with Crippen molar-refractivity contribution >= 4 is 11.7 Å². The molecule has 1 aliphatic rings. The van der Waals surface area contributed by atoms with Gasteiger partial charge in [-0.1, -0.05) is 12.1 Å². The molecule has 0 aromatic heterocycles. The van der Waals surface area contributed by atoms with Gasteiger partial charge >= 0.3 is 5.97 Å². The molecule has 0 bridgehead atoms. The molecular weight excluding hydrogens is 254 g/mol. The lowest BCUT2D eigenvalue weighted by atomic mass is 9.97. The predicted molar refractivity (Wildman–Crippen MR) is 78.3 cm³/mol. The smallest absolute Gasteiger partial charge is 0.310 e. The quantitative estimate of drug-likeness (QED) is 0.681. The lowest BCUT2D eigenvalue weighted by molar-refractivity contribution is -0.157. The van der Waals surface area contributed by atoms with Crippen LogP contribution in [0.15, 0.2) is 24.3 Å². The second-order valence-electron chi connectivity index (χ2n) is 6.57. The lowest BCUT2D eigenvalue weighted by Gasteiger charge is -2.26. The van der Waals surface area contributed by atoms with Crippen molar-refractivity contribution in [2.24, 2.45) is 0 Å². The van der Waals surface area contributed by atoms with Gasteiger partial charge in [0.25, 0.3) is 0 Å². The van der Waals surface area contributed by atoms with E-state index in [4.69, 9.17) is 15.2 Å². The van der Waals surface area contributed by atoms with Crippen molar-refractivity contribution < 1.29 is 14.3 Å². The Balaban J connectivity index is 1.98. The summed E-state index contributed by atoms with van der Waals surface area (Å²) in [5, 5.41) is 0. The summed E-state index contributed by atoms with van der Waals surface area (Å²) in [5.41, 5.74) is 6.52. The van der Waals surface area contributed by atoms with Gasteiger partial charge in [-0.2, -0.15) is 0 Å². The SMILES string of the molecule is CC1(C)CC(OC(=O)Cc2cccc(N)c2)C(C)(C)O1. The second kappa shape index (κ2) is 5.09. The summed E-state index contributed by atoms with van der Waals surface area (Å²) in [6.45, 7) is 7.95. The zero-order valence-corrected chi connectivity index (χ0v) is 12.6. The summed E-state index contributed by atoms with van der Waals surface area (Å²) in [6.07, 6.45) is 0.729. The number of hydrogen-bond acceptors (Lipinski definition) is 4. The molecule has 0 spiro atoms. The summed E-state index contributed by atoms with van der Waals surface area (Å²) in [7, 11) is 0. The maximum Gasteiger partial charge on any atom is 0.310 e. The fourth-order valence-electron chi connectivity index (χ4n) is 2.77. The van der Waals surface area contributed by atoms with E-state index >= 15 is 0 Å². The average Bonchev–Trinajstić information content (AvgIpc) is 2.46. The van der Waals surface area contributed by atoms with Gasteiger partial charge in [0.05, 0.1) is 12.0 Å². The summed E-state index contributed by atoms with van der Waals surface area (Å²) in [6, 6.07) is 7.30. The first kappa shape index (κ1) is 14.9. The maximum absolute atomic E-state index is 12.1. The Morgan fingerprint density at radius 1 is 1.40 bits per heavy atom. The first-order chi connectivity index (χ1) is 9.18. The Kier molecular flexibility index (Phi) is 3.78. The second-order valence-corrected chi connectivity index (χ2v) is 6.57. The number of carbonyl (C=O) groups is 1. The minimum atomic E-state index is -0.450. The Bertz CT molecular complexity index is 508. The summed E-state index contributed by atoms with van der Waals surface area (Å²) < 4.78 is 11.5. The molecule has 1 aliphatic heterocycles. The van der Waals surface area contributed by atoms with Gasteiger partial charge in [0.2, 0.25) is 0 Å². The van der Waals surface area contributed by atoms with Crippen LogP contribution >= 0.6 is 0 Å². The number of ether oxygens (including phenoxy) is 2. The molecule has 2 rings (SSSR count). The fourth-order valence-corrected chi connectivity index (χ4v) is 2.77. The highest BCUT2D eigenvalue weighted by Gasteiger charge is 2.48. The van der Waals surface area contributed by atoms with E-state index in [0.29, 0.717) is 12.1 Å². The molecule has 2 N–H and O–H groups in total. The molecule has 1 atom stereocenters. The van der Waals surface area contributed by atoms with E-state index < -0.39 is 5.60 Å². The van der Waals surface area contributed by atoms with E-state index in [9.17, 15) is 4.79 Å². The van der Waals surface area contributed by atoms with Crippen molar-refractivity contribution in [1.82, 2.24) is 0 Å². The van der Waals surface area contributed by atoms with Gasteiger partial charge in [0.15, 0.2) is 0 Å². The van der Waals surface area contributed by atoms with Crippen LogP contribution in [0, 0.1) is 0 Å². The van der Waals surface area contributed by atoms with Gasteiger partial charge in [-0.3, -0.25) is 4.79 Å². The van der Waals surface area contributed by atoms with E-state index in [0.717, 1.165) is 5.56 Å². The molecule has 1 heterocycles. The molecule has 0 aliphatic carbocycles. The zero-order valence-electron chi connectivity index (χ0n) is 12.6. The minimum absolute atomic E-state index is 0.217. The third kappa shape index (κ3) is 3.51. The van der Waals surface area contributed by atoms with Crippen LogP contribution in [0.2, 0.25) is 0 Å². The maximum atomic E-state index is 12.1. The van der Waals surface area contributed by atoms with Crippen molar-refractivity contribution in [2.75, 3.05) is 5.73 Å². The molecule has 0 amide bonds.